The van der Waals surface area contributed by atoms with Gasteiger partial charge in [-0.15, -0.1) is 0 Å². The van der Waals surface area contributed by atoms with E-state index in [0.29, 0.717) is 19.0 Å². The van der Waals surface area contributed by atoms with Crippen molar-refractivity contribution in [2.24, 2.45) is 17.8 Å². The van der Waals surface area contributed by atoms with Gasteiger partial charge in [-0.3, -0.25) is 14.4 Å². The number of carboxylic acids is 1. The first-order valence-electron chi connectivity index (χ1n) is 11.9. The van der Waals surface area contributed by atoms with Crippen LogP contribution in [0.4, 0.5) is 0 Å². The fraction of sp³-hybridized carbons (Fsp3) is 0.792. The molecule has 1 saturated carbocycles. The molecule has 170 valence electrons. The summed E-state index contributed by atoms with van der Waals surface area (Å²) in [5, 5.41) is 12.1. The third-order valence-corrected chi connectivity index (χ3v) is 6.36. The van der Waals surface area contributed by atoms with Gasteiger partial charge in [-0.25, -0.2) is 0 Å². The Bertz CT molecular complexity index is 616. The lowest BCUT2D eigenvalue weighted by Gasteiger charge is -2.16. The van der Waals surface area contributed by atoms with Crippen molar-refractivity contribution >= 4 is 17.8 Å². The molecule has 2 aliphatic rings. The van der Waals surface area contributed by atoms with Crippen molar-refractivity contribution < 1.29 is 19.5 Å². The SMILES string of the molecule is CCCCCCCCCCNC(=O)[C@@H]1C[C@H]1CC=C(C)CN1CC(C(=O)O)CC1=O. The first-order valence-corrected chi connectivity index (χ1v) is 11.9. The molecule has 0 aromatic heterocycles. The lowest BCUT2D eigenvalue weighted by atomic mass is 10.1. The second-order valence-corrected chi connectivity index (χ2v) is 9.17. The van der Waals surface area contributed by atoms with Crippen LogP contribution in [0.1, 0.15) is 84.5 Å². The van der Waals surface area contributed by atoms with Crippen LogP contribution in [0.2, 0.25) is 0 Å². The Morgan fingerprint density at radius 2 is 1.80 bits per heavy atom. The van der Waals surface area contributed by atoms with Crippen molar-refractivity contribution in [1.29, 1.82) is 0 Å². The Morgan fingerprint density at radius 3 is 2.43 bits per heavy atom. The van der Waals surface area contributed by atoms with E-state index in [0.717, 1.165) is 31.4 Å². The van der Waals surface area contributed by atoms with Gasteiger partial charge in [0.15, 0.2) is 0 Å². The Balaban J connectivity index is 1.53. The fourth-order valence-corrected chi connectivity index (χ4v) is 4.24. The van der Waals surface area contributed by atoms with Crippen LogP contribution in [0.3, 0.4) is 0 Å². The maximum Gasteiger partial charge on any atom is 0.308 e. The first kappa shape index (κ1) is 24.4. The molecule has 1 saturated heterocycles. The fourth-order valence-electron chi connectivity index (χ4n) is 4.24. The van der Waals surface area contributed by atoms with Crippen LogP contribution in [-0.2, 0) is 14.4 Å². The van der Waals surface area contributed by atoms with E-state index in [1.54, 1.807) is 4.90 Å². The van der Waals surface area contributed by atoms with Gasteiger partial charge < -0.3 is 15.3 Å². The molecule has 6 nitrogen and oxygen atoms in total. The molecule has 0 aromatic rings. The number of nitrogens with one attached hydrogen (secondary N) is 1. The molecular formula is C24H40N2O4. The molecule has 2 N–H and O–H groups in total. The Kier molecular flexibility index (Phi) is 10.4. The van der Waals surface area contributed by atoms with Crippen LogP contribution in [-0.4, -0.2) is 47.4 Å². The topological polar surface area (TPSA) is 86.7 Å². The van der Waals surface area contributed by atoms with Gasteiger partial charge in [-0.05, 0) is 32.1 Å². The molecule has 1 aliphatic carbocycles. The van der Waals surface area contributed by atoms with Crippen LogP contribution in [0, 0.1) is 17.8 Å². The number of rotatable bonds is 15. The molecule has 0 bridgehead atoms. The normalized spacial score (nSPS) is 23.7. The van der Waals surface area contributed by atoms with Crippen molar-refractivity contribution in [3.63, 3.8) is 0 Å². The molecular weight excluding hydrogens is 380 g/mol. The summed E-state index contributed by atoms with van der Waals surface area (Å²) in [6.07, 6.45) is 14.2. The Hall–Kier alpha value is -1.85. The number of nitrogens with zero attached hydrogens (tertiary/aromatic N) is 1. The predicted octanol–water partition coefficient (Wildman–Crippen LogP) is 4.15. The van der Waals surface area contributed by atoms with E-state index in [4.69, 9.17) is 5.11 Å². The molecule has 1 unspecified atom stereocenters. The standard InChI is InChI=1S/C24H40N2O4/c1-3-4-5-6-7-8-9-10-13-25-23(28)21-14-19(21)12-11-18(2)16-26-17-20(24(29)30)15-22(26)27/h11,19-21H,3-10,12-17H2,1-2H3,(H,25,28)(H,29,30)/t19-,20?,21-/m1/s1. The zero-order valence-corrected chi connectivity index (χ0v) is 18.8. The maximum absolute atomic E-state index is 12.2. The number of carbonyl (C=O) groups excluding carboxylic acids is 2. The van der Waals surface area contributed by atoms with E-state index >= 15 is 0 Å². The molecule has 0 radical (unpaired) electrons. The average Bonchev–Trinajstić information content (AvgIpc) is 3.40. The average molecular weight is 421 g/mol. The van der Waals surface area contributed by atoms with E-state index in [1.807, 2.05) is 6.92 Å². The number of carboxylic acid groups (broad SMARTS) is 1. The molecule has 30 heavy (non-hydrogen) atoms. The van der Waals surface area contributed by atoms with Gasteiger partial charge in [0.05, 0.1) is 5.92 Å². The maximum atomic E-state index is 12.2. The molecule has 3 atom stereocenters. The van der Waals surface area contributed by atoms with Crippen molar-refractivity contribution in [2.75, 3.05) is 19.6 Å². The summed E-state index contributed by atoms with van der Waals surface area (Å²) in [5.41, 5.74) is 1.07. The summed E-state index contributed by atoms with van der Waals surface area (Å²) in [6, 6.07) is 0. The van der Waals surface area contributed by atoms with E-state index in [2.05, 4.69) is 18.3 Å². The van der Waals surface area contributed by atoms with Crippen molar-refractivity contribution in [3.8, 4) is 0 Å². The zero-order chi connectivity index (χ0) is 21.9. The van der Waals surface area contributed by atoms with Crippen LogP contribution < -0.4 is 5.32 Å². The van der Waals surface area contributed by atoms with Gasteiger partial charge in [0.1, 0.15) is 0 Å². The van der Waals surface area contributed by atoms with Gasteiger partial charge in [0.25, 0.3) is 0 Å². The van der Waals surface area contributed by atoms with E-state index in [-0.39, 0.29) is 24.2 Å². The Morgan fingerprint density at radius 1 is 1.13 bits per heavy atom. The number of unbranched alkanes of at least 4 members (excludes halogenated alkanes) is 7. The number of hydrogen-bond acceptors (Lipinski definition) is 3. The zero-order valence-electron chi connectivity index (χ0n) is 18.8. The minimum absolute atomic E-state index is 0.0835. The lowest BCUT2D eigenvalue weighted by molar-refractivity contribution is -0.141. The smallest absolute Gasteiger partial charge is 0.308 e. The highest BCUT2D eigenvalue weighted by Crippen LogP contribution is 2.41. The van der Waals surface area contributed by atoms with Crippen LogP contribution in [0.15, 0.2) is 11.6 Å². The number of aliphatic carboxylic acids is 1. The number of amides is 2. The van der Waals surface area contributed by atoms with Crippen LogP contribution >= 0.6 is 0 Å². The van der Waals surface area contributed by atoms with E-state index < -0.39 is 11.9 Å². The Labute approximate surface area is 181 Å². The number of allylic oxidation sites excluding steroid dienone is 1. The van der Waals surface area contributed by atoms with Crippen LogP contribution in [0.25, 0.3) is 0 Å². The highest BCUT2D eigenvalue weighted by molar-refractivity contribution is 5.86. The second kappa shape index (κ2) is 12.8. The molecule has 1 aliphatic heterocycles. The monoisotopic (exact) mass is 420 g/mol. The molecule has 2 amide bonds. The summed E-state index contributed by atoms with van der Waals surface area (Å²) in [7, 11) is 0. The van der Waals surface area contributed by atoms with E-state index in [1.165, 1.54) is 44.9 Å². The lowest BCUT2D eigenvalue weighted by Crippen LogP contribution is -2.28. The minimum Gasteiger partial charge on any atom is -0.481 e. The number of likely N-dealkylation sites (tertiary alicyclic amines) is 1. The molecule has 2 fully saturated rings. The van der Waals surface area contributed by atoms with Gasteiger partial charge in [0, 0.05) is 32.0 Å². The van der Waals surface area contributed by atoms with Crippen molar-refractivity contribution in [3.05, 3.63) is 11.6 Å². The minimum atomic E-state index is -0.897. The molecule has 1 heterocycles. The quantitative estimate of drug-likeness (QED) is 0.308. The van der Waals surface area contributed by atoms with E-state index in [9.17, 15) is 14.4 Å². The van der Waals surface area contributed by atoms with Gasteiger partial charge in [0.2, 0.25) is 11.8 Å². The molecule has 0 aromatic carbocycles. The molecule has 2 rings (SSSR count). The highest BCUT2D eigenvalue weighted by Gasteiger charge is 2.41. The third kappa shape index (κ3) is 8.49. The van der Waals surface area contributed by atoms with Crippen LogP contribution in [0.5, 0.6) is 0 Å². The van der Waals surface area contributed by atoms with Crippen molar-refractivity contribution in [1.82, 2.24) is 10.2 Å². The summed E-state index contributed by atoms with van der Waals surface area (Å²) < 4.78 is 0. The summed E-state index contributed by atoms with van der Waals surface area (Å²) in [4.78, 5) is 36.8. The number of carbonyl (C=O) groups is 3. The largest absolute Gasteiger partial charge is 0.481 e. The van der Waals surface area contributed by atoms with Gasteiger partial charge >= 0.3 is 5.97 Å². The summed E-state index contributed by atoms with van der Waals surface area (Å²) >= 11 is 0. The first-order chi connectivity index (χ1) is 14.4. The van der Waals surface area contributed by atoms with Crippen molar-refractivity contribution in [2.45, 2.75) is 84.5 Å². The number of hydrogen-bond donors (Lipinski definition) is 2. The summed E-state index contributed by atoms with van der Waals surface area (Å²) in [5.74, 6) is -0.838. The molecule has 6 heteroatoms. The summed E-state index contributed by atoms with van der Waals surface area (Å²) in [6.45, 7) is 5.78. The second-order valence-electron chi connectivity index (χ2n) is 9.17. The highest BCUT2D eigenvalue weighted by atomic mass is 16.4. The predicted molar refractivity (Wildman–Crippen MR) is 118 cm³/mol. The van der Waals surface area contributed by atoms with Gasteiger partial charge in [-0.2, -0.15) is 0 Å². The molecule has 0 spiro atoms. The van der Waals surface area contributed by atoms with Gasteiger partial charge in [-0.1, -0.05) is 63.5 Å². The third-order valence-electron chi connectivity index (χ3n) is 6.36.